The molecular weight excluding hydrogens is 282 g/mol. The van der Waals surface area contributed by atoms with E-state index in [1.165, 1.54) is 18.1 Å². The molecule has 0 spiro atoms. The number of hydrogen-bond donors (Lipinski definition) is 2. The highest BCUT2D eigenvalue weighted by Gasteiger charge is 2.20. The van der Waals surface area contributed by atoms with E-state index in [4.69, 9.17) is 27.4 Å². The number of nitrogens with two attached hydrogens (primary N) is 1. The first-order chi connectivity index (χ1) is 9.63. The maximum Gasteiger partial charge on any atom is 0.274 e. The van der Waals surface area contributed by atoms with E-state index in [0.717, 1.165) is 0 Å². The molecule has 0 radical (unpaired) electrons. The van der Waals surface area contributed by atoms with Crippen molar-refractivity contribution in [1.29, 1.82) is 5.26 Å². The number of nitrogen functional groups attached to an aromatic ring is 1. The van der Waals surface area contributed by atoms with Gasteiger partial charge < -0.3 is 15.1 Å². The summed E-state index contributed by atoms with van der Waals surface area (Å²) in [5.41, 5.74) is 2.45. The van der Waals surface area contributed by atoms with Gasteiger partial charge in [-0.2, -0.15) is 5.26 Å². The average Bonchev–Trinajstić information content (AvgIpc) is 2.47. The fraction of sp³-hybridized carbons (Fsp3) is 0.417. The first kappa shape index (κ1) is 16.2. The summed E-state index contributed by atoms with van der Waals surface area (Å²) in [6, 6.07) is 5.10. The maximum absolute atomic E-state index is 12.4. The van der Waals surface area contributed by atoms with Crippen LogP contribution in [0.3, 0.4) is 0 Å². The van der Waals surface area contributed by atoms with Crippen LogP contribution in [0.2, 0.25) is 5.02 Å². The van der Waals surface area contributed by atoms with Crippen molar-refractivity contribution in [2.24, 2.45) is 5.84 Å². The van der Waals surface area contributed by atoms with Gasteiger partial charge in [-0.25, -0.2) is 10.8 Å². The number of hydrazine groups is 1. The predicted molar refractivity (Wildman–Crippen MR) is 75.1 cm³/mol. The van der Waals surface area contributed by atoms with Gasteiger partial charge in [0.2, 0.25) is 0 Å². The van der Waals surface area contributed by atoms with Crippen LogP contribution < -0.4 is 11.3 Å². The Labute approximate surface area is 122 Å². The third-order valence-corrected chi connectivity index (χ3v) is 2.85. The molecule has 0 atom stereocenters. The van der Waals surface area contributed by atoms with Crippen LogP contribution in [0.15, 0.2) is 12.1 Å². The lowest BCUT2D eigenvalue weighted by atomic mass is 10.3. The normalized spacial score (nSPS) is 9.90. The van der Waals surface area contributed by atoms with Crippen molar-refractivity contribution in [1.82, 2.24) is 9.88 Å². The molecule has 0 fully saturated rings. The number of carbonyl (C=O) groups is 1. The molecule has 1 aromatic rings. The van der Waals surface area contributed by atoms with E-state index in [0.29, 0.717) is 19.0 Å². The van der Waals surface area contributed by atoms with E-state index in [9.17, 15) is 4.79 Å². The minimum Gasteiger partial charge on any atom is -0.383 e. The maximum atomic E-state index is 12.4. The summed E-state index contributed by atoms with van der Waals surface area (Å²) in [4.78, 5) is 17.9. The lowest BCUT2D eigenvalue weighted by Crippen LogP contribution is -2.35. The van der Waals surface area contributed by atoms with Gasteiger partial charge in [0.15, 0.2) is 0 Å². The Morgan fingerprint density at radius 2 is 2.35 bits per heavy atom. The Morgan fingerprint density at radius 1 is 1.60 bits per heavy atom. The number of amides is 1. The number of rotatable bonds is 7. The number of ether oxygens (including phenoxy) is 1. The molecule has 1 aromatic heterocycles. The SMILES string of the molecule is COCCN(CCC#N)C(=O)c1nc(NN)ccc1Cl. The Hall–Kier alpha value is -1.88. The molecule has 20 heavy (non-hydrogen) atoms. The largest absolute Gasteiger partial charge is 0.383 e. The van der Waals surface area contributed by atoms with Gasteiger partial charge in [0.1, 0.15) is 11.5 Å². The molecule has 0 saturated carbocycles. The number of pyridine rings is 1. The Bertz CT molecular complexity index is 503. The fourth-order valence-electron chi connectivity index (χ4n) is 1.52. The number of nitrogens with zero attached hydrogens (tertiary/aromatic N) is 3. The van der Waals surface area contributed by atoms with E-state index in [2.05, 4.69) is 10.4 Å². The average molecular weight is 298 g/mol. The van der Waals surface area contributed by atoms with Crippen molar-refractivity contribution in [2.45, 2.75) is 6.42 Å². The van der Waals surface area contributed by atoms with E-state index < -0.39 is 0 Å². The molecule has 108 valence electrons. The molecular formula is C12H16ClN5O2. The second-order valence-corrected chi connectivity index (χ2v) is 4.27. The summed E-state index contributed by atoms with van der Waals surface area (Å²) < 4.78 is 4.95. The van der Waals surface area contributed by atoms with E-state index in [1.807, 2.05) is 6.07 Å². The number of carbonyl (C=O) groups excluding carboxylic acids is 1. The highest BCUT2D eigenvalue weighted by atomic mass is 35.5. The summed E-state index contributed by atoms with van der Waals surface area (Å²) in [5, 5.41) is 8.87. The minimum absolute atomic E-state index is 0.0937. The summed E-state index contributed by atoms with van der Waals surface area (Å²) in [6.45, 7) is 1.01. The third-order valence-electron chi connectivity index (χ3n) is 2.54. The number of nitrogens with one attached hydrogen (secondary N) is 1. The van der Waals surface area contributed by atoms with Crippen molar-refractivity contribution in [3.63, 3.8) is 0 Å². The van der Waals surface area contributed by atoms with Gasteiger partial charge in [-0.3, -0.25) is 4.79 Å². The van der Waals surface area contributed by atoms with Gasteiger partial charge in [-0.15, -0.1) is 0 Å². The molecule has 0 saturated heterocycles. The zero-order chi connectivity index (χ0) is 15.0. The van der Waals surface area contributed by atoms with Crippen molar-refractivity contribution >= 4 is 23.3 Å². The first-order valence-electron chi connectivity index (χ1n) is 5.92. The standard InChI is InChI=1S/C12H16ClN5O2/c1-20-8-7-18(6-2-5-14)12(19)11-9(13)3-4-10(16-11)17-15/h3-4H,2,6-8,15H2,1H3,(H,16,17). The monoisotopic (exact) mass is 297 g/mol. The lowest BCUT2D eigenvalue weighted by Gasteiger charge is -2.21. The zero-order valence-electron chi connectivity index (χ0n) is 11.1. The lowest BCUT2D eigenvalue weighted by molar-refractivity contribution is 0.0694. The quantitative estimate of drug-likeness (QED) is 0.575. The minimum atomic E-state index is -0.362. The van der Waals surface area contributed by atoms with E-state index in [1.54, 1.807) is 6.07 Å². The number of nitriles is 1. The van der Waals surface area contributed by atoms with Gasteiger partial charge >= 0.3 is 0 Å². The molecule has 1 amide bonds. The molecule has 7 nitrogen and oxygen atoms in total. The summed E-state index contributed by atoms with van der Waals surface area (Å²) in [6.07, 6.45) is 0.224. The molecule has 0 aromatic carbocycles. The molecule has 0 aliphatic heterocycles. The Kier molecular flexibility index (Phi) is 6.73. The zero-order valence-corrected chi connectivity index (χ0v) is 11.9. The summed E-state index contributed by atoms with van der Waals surface area (Å²) >= 11 is 5.99. The highest BCUT2D eigenvalue weighted by Crippen LogP contribution is 2.18. The molecule has 0 aliphatic carbocycles. The van der Waals surface area contributed by atoms with Crippen LogP contribution in [0.5, 0.6) is 0 Å². The molecule has 0 bridgehead atoms. The summed E-state index contributed by atoms with van der Waals surface area (Å²) in [7, 11) is 1.54. The van der Waals surface area contributed by atoms with Crippen LogP contribution in [0.1, 0.15) is 16.9 Å². The van der Waals surface area contributed by atoms with Crippen LogP contribution >= 0.6 is 11.6 Å². The van der Waals surface area contributed by atoms with Crippen LogP contribution in [0.25, 0.3) is 0 Å². The van der Waals surface area contributed by atoms with Crippen molar-refractivity contribution in [2.75, 3.05) is 32.2 Å². The number of methoxy groups -OCH3 is 1. The predicted octanol–water partition coefficient (Wildman–Crippen LogP) is 1.02. The van der Waals surface area contributed by atoms with Gasteiger partial charge in [-0.1, -0.05) is 11.6 Å². The topological polar surface area (TPSA) is 104 Å². The molecule has 8 heteroatoms. The number of anilines is 1. The number of aromatic nitrogens is 1. The first-order valence-corrected chi connectivity index (χ1v) is 6.30. The number of hydrogen-bond acceptors (Lipinski definition) is 6. The van der Waals surface area contributed by atoms with E-state index >= 15 is 0 Å². The van der Waals surface area contributed by atoms with Crippen LogP contribution in [0, 0.1) is 11.3 Å². The second-order valence-electron chi connectivity index (χ2n) is 3.86. The van der Waals surface area contributed by atoms with Crippen molar-refractivity contribution in [3.05, 3.63) is 22.8 Å². The van der Waals surface area contributed by atoms with E-state index in [-0.39, 0.29) is 29.6 Å². The molecule has 1 rings (SSSR count). The van der Waals surface area contributed by atoms with Crippen LogP contribution in [-0.2, 0) is 4.74 Å². The van der Waals surface area contributed by atoms with Gasteiger partial charge in [0, 0.05) is 20.2 Å². The van der Waals surface area contributed by atoms with Gasteiger partial charge in [-0.05, 0) is 12.1 Å². The van der Waals surface area contributed by atoms with Crippen molar-refractivity contribution in [3.8, 4) is 6.07 Å². The highest BCUT2D eigenvalue weighted by molar-refractivity contribution is 6.33. The third kappa shape index (κ3) is 4.35. The molecule has 1 heterocycles. The van der Waals surface area contributed by atoms with Gasteiger partial charge in [0.25, 0.3) is 5.91 Å². The second kappa shape index (κ2) is 8.32. The molecule has 0 unspecified atom stereocenters. The Morgan fingerprint density at radius 3 is 2.95 bits per heavy atom. The van der Waals surface area contributed by atoms with Crippen LogP contribution in [0.4, 0.5) is 5.82 Å². The molecule has 3 N–H and O–H groups in total. The number of halogens is 1. The molecule has 0 aliphatic rings. The smallest absolute Gasteiger partial charge is 0.274 e. The van der Waals surface area contributed by atoms with Crippen LogP contribution in [-0.4, -0.2) is 42.6 Å². The van der Waals surface area contributed by atoms with Crippen molar-refractivity contribution < 1.29 is 9.53 Å². The summed E-state index contributed by atoms with van der Waals surface area (Å²) in [5.74, 6) is 5.24. The van der Waals surface area contributed by atoms with Gasteiger partial charge in [0.05, 0.1) is 24.1 Å². The fourth-order valence-corrected chi connectivity index (χ4v) is 1.71. The Balaban J connectivity index is 2.95.